The summed E-state index contributed by atoms with van der Waals surface area (Å²) in [6.07, 6.45) is 1.96. The Morgan fingerprint density at radius 2 is 1.64 bits per heavy atom. The second kappa shape index (κ2) is 7.83. The highest BCUT2D eigenvalue weighted by molar-refractivity contribution is 5.49. The molecule has 0 spiro atoms. The maximum absolute atomic E-state index is 9.51. The van der Waals surface area contributed by atoms with Crippen molar-refractivity contribution >= 4 is 0 Å². The zero-order valence-corrected chi connectivity index (χ0v) is 17.4. The van der Waals surface area contributed by atoms with Gasteiger partial charge in [-0.25, -0.2) is 0 Å². The van der Waals surface area contributed by atoms with Crippen LogP contribution in [0.3, 0.4) is 0 Å². The van der Waals surface area contributed by atoms with Gasteiger partial charge in [0.05, 0.1) is 34.9 Å². The van der Waals surface area contributed by atoms with Gasteiger partial charge in [0.1, 0.15) is 11.8 Å². The van der Waals surface area contributed by atoms with Crippen LogP contribution in [0.5, 0.6) is 17.2 Å². The number of methoxy groups -OCH3 is 2. The summed E-state index contributed by atoms with van der Waals surface area (Å²) in [5, 5.41) is 9.51. The Balaban J connectivity index is 0.00000225. The Kier molecular flexibility index (Phi) is 6.21. The quantitative estimate of drug-likeness (QED) is 0.534. The molecule has 0 aromatic heterocycles. The van der Waals surface area contributed by atoms with Crippen LogP contribution >= 0.6 is 0 Å². The molecule has 5 heteroatoms. The summed E-state index contributed by atoms with van der Waals surface area (Å²) >= 11 is 0. The monoisotopic (exact) mass is 455 g/mol. The van der Waals surface area contributed by atoms with E-state index in [1.165, 1.54) is 16.7 Å². The highest BCUT2D eigenvalue weighted by Gasteiger charge is 2.36. The van der Waals surface area contributed by atoms with Crippen LogP contribution in [0.2, 0.25) is 0 Å². The van der Waals surface area contributed by atoms with Gasteiger partial charge in [-0.15, -0.1) is 0 Å². The predicted octanol–water partition coefficient (Wildman–Crippen LogP) is 0.330. The van der Waals surface area contributed by atoms with Crippen molar-refractivity contribution in [1.82, 2.24) is 0 Å². The SMILES string of the molecule is COc1cc2c(cc1OC)[C@H](Cc1ccc(O)cc1)[N+](C)(C)CC2.[I-]. The Labute approximate surface area is 167 Å². The van der Waals surface area contributed by atoms with Gasteiger partial charge in [0.2, 0.25) is 0 Å². The first-order chi connectivity index (χ1) is 11.4. The number of ether oxygens (including phenoxy) is 2. The maximum atomic E-state index is 9.51. The molecule has 2 aromatic rings. The van der Waals surface area contributed by atoms with E-state index in [1.807, 2.05) is 12.1 Å². The number of rotatable bonds is 4. The average molecular weight is 455 g/mol. The molecule has 1 N–H and O–H groups in total. The molecule has 1 aliphatic heterocycles. The zero-order chi connectivity index (χ0) is 17.3. The number of phenols is 1. The van der Waals surface area contributed by atoms with Crippen molar-refractivity contribution in [3.05, 3.63) is 53.1 Å². The molecular formula is C20H26INO3. The molecular weight excluding hydrogens is 429 g/mol. The van der Waals surface area contributed by atoms with Crippen molar-refractivity contribution in [2.45, 2.75) is 18.9 Å². The number of hydrogen-bond acceptors (Lipinski definition) is 3. The topological polar surface area (TPSA) is 38.7 Å². The van der Waals surface area contributed by atoms with Gasteiger partial charge in [-0.3, -0.25) is 0 Å². The normalized spacial score (nSPS) is 18.0. The summed E-state index contributed by atoms with van der Waals surface area (Å²) in [6.45, 7) is 1.09. The van der Waals surface area contributed by atoms with Crippen molar-refractivity contribution in [2.24, 2.45) is 0 Å². The smallest absolute Gasteiger partial charge is 0.161 e. The molecule has 0 aliphatic carbocycles. The molecule has 0 amide bonds. The zero-order valence-electron chi connectivity index (χ0n) is 15.3. The first kappa shape index (κ1) is 19.8. The molecule has 1 aliphatic rings. The van der Waals surface area contributed by atoms with Crippen LogP contribution in [0.15, 0.2) is 36.4 Å². The molecule has 1 atom stereocenters. The Hall–Kier alpha value is -1.47. The predicted molar refractivity (Wildman–Crippen MR) is 94.8 cm³/mol. The summed E-state index contributed by atoms with van der Waals surface area (Å²) in [5.74, 6) is 1.89. The molecule has 4 nitrogen and oxygen atoms in total. The summed E-state index contributed by atoms with van der Waals surface area (Å²) in [4.78, 5) is 0. The molecule has 0 unspecified atom stereocenters. The van der Waals surface area contributed by atoms with Gasteiger partial charge in [0.25, 0.3) is 0 Å². The second-order valence-electron chi connectivity index (χ2n) is 7.04. The standard InChI is InChI=1S/C20H25NO3.HI/c1-21(2)10-9-15-12-19(23-3)20(24-4)13-17(15)18(21)11-14-5-7-16(22)8-6-14;/h5-8,12-13,18H,9-11H2,1-4H3;1H/t18-;/m0./s1. The van der Waals surface area contributed by atoms with E-state index < -0.39 is 0 Å². The van der Waals surface area contributed by atoms with E-state index in [2.05, 4.69) is 26.2 Å². The fourth-order valence-electron chi connectivity index (χ4n) is 3.62. The second-order valence-corrected chi connectivity index (χ2v) is 7.04. The van der Waals surface area contributed by atoms with Crippen LogP contribution in [-0.2, 0) is 12.8 Å². The third-order valence-electron chi connectivity index (χ3n) is 5.17. The van der Waals surface area contributed by atoms with E-state index >= 15 is 0 Å². The molecule has 0 radical (unpaired) electrons. The van der Waals surface area contributed by atoms with Crippen molar-refractivity contribution in [3.8, 4) is 17.2 Å². The molecule has 1 heterocycles. The number of nitrogens with zero attached hydrogens (tertiary/aromatic N) is 1. The lowest BCUT2D eigenvalue weighted by atomic mass is 9.87. The fourth-order valence-corrected chi connectivity index (χ4v) is 3.62. The number of fused-ring (bicyclic) bond motifs is 1. The minimum absolute atomic E-state index is 0. The number of phenolic OH excluding ortho intramolecular Hbond substituents is 1. The lowest BCUT2D eigenvalue weighted by Crippen LogP contribution is -3.00. The summed E-state index contributed by atoms with van der Waals surface area (Å²) in [7, 11) is 7.93. The summed E-state index contributed by atoms with van der Waals surface area (Å²) in [5.41, 5.74) is 3.90. The van der Waals surface area contributed by atoms with Crippen LogP contribution in [0, 0.1) is 0 Å². The largest absolute Gasteiger partial charge is 1.00 e. The van der Waals surface area contributed by atoms with E-state index in [9.17, 15) is 5.11 Å². The average Bonchev–Trinajstić information content (AvgIpc) is 2.58. The van der Waals surface area contributed by atoms with Gasteiger partial charge in [-0.1, -0.05) is 12.1 Å². The number of quaternary nitrogens is 1. The highest BCUT2D eigenvalue weighted by Crippen LogP contribution is 2.41. The Morgan fingerprint density at radius 1 is 1.04 bits per heavy atom. The van der Waals surface area contributed by atoms with Crippen LogP contribution in [0.4, 0.5) is 0 Å². The van der Waals surface area contributed by atoms with Gasteiger partial charge in [-0.2, -0.15) is 0 Å². The van der Waals surface area contributed by atoms with E-state index in [0.717, 1.165) is 35.4 Å². The van der Waals surface area contributed by atoms with Gasteiger partial charge < -0.3 is 43.0 Å². The number of aromatic hydroxyl groups is 1. The van der Waals surface area contributed by atoms with Crippen molar-refractivity contribution in [2.75, 3.05) is 34.9 Å². The highest BCUT2D eigenvalue weighted by atomic mass is 127. The van der Waals surface area contributed by atoms with Crippen LogP contribution in [0.1, 0.15) is 22.7 Å². The van der Waals surface area contributed by atoms with Gasteiger partial charge in [0.15, 0.2) is 11.5 Å². The number of halogens is 1. The molecule has 0 fully saturated rings. The lowest BCUT2D eigenvalue weighted by molar-refractivity contribution is -0.923. The first-order valence-corrected chi connectivity index (χ1v) is 8.30. The van der Waals surface area contributed by atoms with E-state index in [4.69, 9.17) is 9.47 Å². The van der Waals surface area contributed by atoms with Crippen LogP contribution in [-0.4, -0.2) is 44.4 Å². The number of benzene rings is 2. The van der Waals surface area contributed by atoms with E-state index in [1.54, 1.807) is 26.4 Å². The molecule has 0 bridgehead atoms. The molecule has 136 valence electrons. The van der Waals surface area contributed by atoms with E-state index in [0.29, 0.717) is 11.8 Å². The lowest BCUT2D eigenvalue weighted by Gasteiger charge is -2.43. The van der Waals surface area contributed by atoms with Crippen molar-refractivity contribution in [1.29, 1.82) is 0 Å². The third kappa shape index (κ3) is 4.03. The van der Waals surface area contributed by atoms with E-state index in [-0.39, 0.29) is 24.0 Å². The molecule has 0 saturated carbocycles. The van der Waals surface area contributed by atoms with Crippen molar-refractivity contribution in [3.63, 3.8) is 0 Å². The molecule has 0 saturated heterocycles. The summed E-state index contributed by atoms with van der Waals surface area (Å²) in [6, 6.07) is 12.1. The van der Waals surface area contributed by atoms with Gasteiger partial charge in [0, 0.05) is 18.4 Å². The Morgan fingerprint density at radius 3 is 2.24 bits per heavy atom. The molecule has 2 aromatic carbocycles. The van der Waals surface area contributed by atoms with Gasteiger partial charge >= 0.3 is 0 Å². The van der Waals surface area contributed by atoms with Crippen molar-refractivity contribution < 1.29 is 43.0 Å². The fraction of sp³-hybridized carbons (Fsp3) is 0.400. The first-order valence-electron chi connectivity index (χ1n) is 8.30. The minimum atomic E-state index is 0. The number of hydrogen-bond donors (Lipinski definition) is 1. The third-order valence-corrected chi connectivity index (χ3v) is 5.17. The van der Waals surface area contributed by atoms with Crippen LogP contribution in [0.25, 0.3) is 0 Å². The maximum Gasteiger partial charge on any atom is 0.161 e. The van der Waals surface area contributed by atoms with Crippen LogP contribution < -0.4 is 33.5 Å². The molecule has 3 rings (SSSR count). The van der Waals surface area contributed by atoms with Gasteiger partial charge in [-0.05, 0) is 35.4 Å². The summed E-state index contributed by atoms with van der Waals surface area (Å²) < 4.78 is 11.9. The minimum Gasteiger partial charge on any atom is -1.00 e. The Bertz CT molecular complexity index is 728. The number of likely N-dealkylation sites (N-methyl/N-ethyl adjacent to an activating group) is 1. The molecule has 25 heavy (non-hydrogen) atoms.